The normalized spacial score (nSPS) is 12.5. The third-order valence-electron chi connectivity index (χ3n) is 3.58. The Labute approximate surface area is 133 Å². The molecule has 0 aliphatic rings. The van der Waals surface area contributed by atoms with Gasteiger partial charge in [-0.05, 0) is 24.1 Å². The Hall–Kier alpha value is -0.843. The Balaban J connectivity index is 2.21. The summed E-state index contributed by atoms with van der Waals surface area (Å²) in [6, 6.07) is 5.15. The van der Waals surface area contributed by atoms with E-state index in [2.05, 4.69) is 49.1 Å². The van der Waals surface area contributed by atoms with Crippen LogP contribution in [0.2, 0.25) is 30.7 Å². The minimum absolute atomic E-state index is 0.413. The van der Waals surface area contributed by atoms with Gasteiger partial charge in [0.2, 0.25) is 0 Å². The van der Waals surface area contributed by atoms with E-state index in [1.165, 1.54) is 11.7 Å². The number of fused-ring (bicyclic) bond motifs is 1. The molecule has 21 heavy (non-hydrogen) atoms. The number of ether oxygens (including phenoxy) is 1. The first kappa shape index (κ1) is 16.5. The van der Waals surface area contributed by atoms with Gasteiger partial charge in [0.1, 0.15) is 12.4 Å². The Morgan fingerprint density at radius 3 is 2.67 bits per heavy atom. The monoisotopic (exact) mass is 324 g/mol. The van der Waals surface area contributed by atoms with Crippen molar-refractivity contribution in [3.05, 3.63) is 29.0 Å². The van der Waals surface area contributed by atoms with E-state index in [0.717, 1.165) is 22.7 Å². The van der Waals surface area contributed by atoms with Crippen molar-refractivity contribution in [2.45, 2.75) is 52.2 Å². The number of hydrogen-bond donors (Lipinski definition) is 0. The molecule has 116 valence electrons. The fourth-order valence-corrected chi connectivity index (χ4v) is 3.24. The van der Waals surface area contributed by atoms with E-state index >= 15 is 0 Å². The molecule has 0 aliphatic heterocycles. The largest absolute Gasteiger partial charge is 0.361 e. The van der Waals surface area contributed by atoms with Gasteiger partial charge in [0.05, 0.1) is 5.02 Å². The van der Waals surface area contributed by atoms with E-state index in [0.29, 0.717) is 12.6 Å². The smallest absolute Gasteiger partial charge is 0.143 e. The molecule has 0 radical (unpaired) electrons. The summed E-state index contributed by atoms with van der Waals surface area (Å²) in [5.74, 6) is 0.413. The highest BCUT2D eigenvalue weighted by Crippen LogP contribution is 2.29. The van der Waals surface area contributed by atoms with Gasteiger partial charge in [-0.15, -0.1) is 0 Å². The van der Waals surface area contributed by atoms with Crippen LogP contribution in [-0.2, 0) is 11.5 Å². The van der Waals surface area contributed by atoms with Crippen molar-refractivity contribution < 1.29 is 4.74 Å². The quantitative estimate of drug-likeness (QED) is 0.544. The molecule has 2 heterocycles. The molecular weight excluding hydrogens is 300 g/mol. The molecule has 0 N–H and O–H groups in total. The van der Waals surface area contributed by atoms with E-state index in [1.54, 1.807) is 6.20 Å². The summed E-state index contributed by atoms with van der Waals surface area (Å²) < 4.78 is 8.06. The van der Waals surface area contributed by atoms with Crippen LogP contribution in [0, 0.1) is 0 Å². The zero-order valence-corrected chi connectivity index (χ0v) is 15.4. The molecule has 2 aromatic rings. The van der Waals surface area contributed by atoms with Crippen LogP contribution in [0.5, 0.6) is 0 Å². The lowest BCUT2D eigenvalue weighted by Crippen LogP contribution is -2.22. The second-order valence-electron chi connectivity index (χ2n) is 7.03. The molecule has 0 bridgehead atoms. The van der Waals surface area contributed by atoms with Gasteiger partial charge >= 0.3 is 0 Å². The third-order valence-corrected chi connectivity index (χ3v) is 5.62. The average molecular weight is 325 g/mol. The molecule has 0 atom stereocenters. The van der Waals surface area contributed by atoms with Crippen LogP contribution in [-0.4, -0.2) is 24.2 Å². The Morgan fingerprint density at radius 1 is 1.33 bits per heavy atom. The molecule has 0 aromatic carbocycles. The van der Waals surface area contributed by atoms with Crippen LogP contribution in [0.3, 0.4) is 0 Å². The van der Waals surface area contributed by atoms with Crippen LogP contribution in [0.4, 0.5) is 0 Å². The van der Waals surface area contributed by atoms with Crippen LogP contribution in [0.15, 0.2) is 18.3 Å². The van der Waals surface area contributed by atoms with Crippen LogP contribution in [0.25, 0.3) is 11.0 Å². The van der Waals surface area contributed by atoms with Gasteiger partial charge in [0.15, 0.2) is 0 Å². The zero-order valence-electron chi connectivity index (χ0n) is 13.6. The van der Waals surface area contributed by atoms with Gasteiger partial charge in [-0.1, -0.05) is 45.1 Å². The van der Waals surface area contributed by atoms with E-state index in [9.17, 15) is 0 Å². The number of hydrogen-bond acceptors (Lipinski definition) is 2. The molecule has 5 heteroatoms. The molecular formula is C16H25ClN2OSi. The maximum Gasteiger partial charge on any atom is 0.143 e. The van der Waals surface area contributed by atoms with Crippen LogP contribution < -0.4 is 0 Å². The van der Waals surface area contributed by atoms with Gasteiger partial charge in [-0.3, -0.25) is 0 Å². The lowest BCUT2D eigenvalue weighted by atomic mass is 10.1. The fourth-order valence-electron chi connectivity index (χ4n) is 2.28. The topological polar surface area (TPSA) is 27.1 Å². The summed E-state index contributed by atoms with van der Waals surface area (Å²) in [5.41, 5.74) is 2.14. The SMILES string of the molecule is CC(C)c1cc2c(Cl)ccnc2n1COCC[Si](C)(C)C. The van der Waals surface area contributed by atoms with Gasteiger partial charge in [0.25, 0.3) is 0 Å². The highest BCUT2D eigenvalue weighted by Gasteiger charge is 2.16. The van der Waals surface area contributed by atoms with Gasteiger partial charge in [-0.2, -0.15) is 0 Å². The molecule has 0 spiro atoms. The molecule has 0 aliphatic carbocycles. The van der Waals surface area contributed by atoms with Crippen molar-refractivity contribution in [3.63, 3.8) is 0 Å². The van der Waals surface area contributed by atoms with Crippen LogP contribution >= 0.6 is 11.6 Å². The van der Waals surface area contributed by atoms with Crippen molar-refractivity contribution in [1.29, 1.82) is 0 Å². The highest BCUT2D eigenvalue weighted by molar-refractivity contribution is 6.76. The number of rotatable bonds is 6. The summed E-state index contributed by atoms with van der Waals surface area (Å²) in [4.78, 5) is 4.48. The second kappa shape index (κ2) is 6.51. The highest BCUT2D eigenvalue weighted by atomic mass is 35.5. The maximum atomic E-state index is 6.28. The predicted molar refractivity (Wildman–Crippen MR) is 92.9 cm³/mol. The first-order valence-electron chi connectivity index (χ1n) is 7.51. The zero-order chi connectivity index (χ0) is 15.6. The minimum Gasteiger partial charge on any atom is -0.361 e. The van der Waals surface area contributed by atoms with E-state index in [-0.39, 0.29) is 0 Å². The Bertz CT molecular complexity index is 616. The third kappa shape index (κ3) is 4.08. The second-order valence-corrected chi connectivity index (χ2v) is 13.1. The number of nitrogens with zero attached hydrogens (tertiary/aromatic N) is 2. The summed E-state index contributed by atoms with van der Waals surface area (Å²) >= 11 is 6.28. The fraction of sp³-hybridized carbons (Fsp3) is 0.562. The Morgan fingerprint density at radius 2 is 2.05 bits per heavy atom. The average Bonchev–Trinajstić information content (AvgIpc) is 2.74. The summed E-state index contributed by atoms with van der Waals surface area (Å²) in [6.45, 7) is 12.8. The number of aromatic nitrogens is 2. The standard InChI is InChI=1S/C16H25ClN2OSi/c1-12(2)15-10-13-14(17)6-7-18-16(13)19(15)11-20-8-9-21(3,4)5/h6-7,10,12H,8-9,11H2,1-5H3. The van der Waals surface area contributed by atoms with Crippen molar-refractivity contribution >= 4 is 30.7 Å². The van der Waals surface area contributed by atoms with Gasteiger partial charge in [-0.25, -0.2) is 4.98 Å². The summed E-state index contributed by atoms with van der Waals surface area (Å²) in [6.07, 6.45) is 1.76. The van der Waals surface area contributed by atoms with Gasteiger partial charge < -0.3 is 9.30 Å². The van der Waals surface area contributed by atoms with Crippen molar-refractivity contribution in [3.8, 4) is 0 Å². The molecule has 0 saturated heterocycles. The molecule has 0 saturated carbocycles. The first-order chi connectivity index (χ1) is 9.79. The molecule has 0 fully saturated rings. The summed E-state index contributed by atoms with van der Waals surface area (Å²) in [5, 5.41) is 1.76. The Kier molecular flexibility index (Phi) is 5.12. The first-order valence-corrected chi connectivity index (χ1v) is 11.6. The maximum absolute atomic E-state index is 6.28. The number of halogens is 1. The molecule has 2 aromatic heterocycles. The van der Waals surface area contributed by atoms with Crippen molar-refractivity contribution in [2.24, 2.45) is 0 Å². The molecule has 3 nitrogen and oxygen atoms in total. The lowest BCUT2D eigenvalue weighted by Gasteiger charge is -2.17. The van der Waals surface area contributed by atoms with Crippen molar-refractivity contribution in [1.82, 2.24) is 9.55 Å². The van der Waals surface area contributed by atoms with E-state index in [1.807, 2.05) is 6.07 Å². The van der Waals surface area contributed by atoms with E-state index < -0.39 is 8.07 Å². The lowest BCUT2D eigenvalue weighted by molar-refractivity contribution is 0.0876. The van der Waals surface area contributed by atoms with Gasteiger partial charge in [0, 0.05) is 32.0 Å². The molecule has 2 rings (SSSR count). The number of pyridine rings is 1. The molecule has 0 amide bonds. The minimum atomic E-state index is -1.05. The van der Waals surface area contributed by atoms with Crippen LogP contribution in [0.1, 0.15) is 25.5 Å². The van der Waals surface area contributed by atoms with Crippen molar-refractivity contribution in [2.75, 3.05) is 6.61 Å². The summed E-state index contributed by atoms with van der Waals surface area (Å²) in [7, 11) is -1.05. The molecule has 0 unspecified atom stereocenters. The predicted octanol–water partition coefficient (Wildman–Crippen LogP) is 5.13. The van der Waals surface area contributed by atoms with E-state index in [4.69, 9.17) is 16.3 Å².